The van der Waals surface area contributed by atoms with E-state index in [0.717, 1.165) is 27.6 Å². The third-order valence-electron chi connectivity index (χ3n) is 5.92. The third-order valence-corrected chi connectivity index (χ3v) is 7.05. The van der Waals surface area contributed by atoms with Crippen LogP contribution in [0.2, 0.25) is 0 Å². The summed E-state index contributed by atoms with van der Waals surface area (Å²) < 4.78 is 36.7. The lowest BCUT2D eigenvalue weighted by Gasteiger charge is -2.36. The second-order valence-corrected chi connectivity index (χ2v) is 10.2. The Hall–Kier alpha value is -3.38. The molecule has 34 heavy (non-hydrogen) atoms. The van der Waals surface area contributed by atoms with Crippen molar-refractivity contribution in [3.8, 4) is 11.5 Å². The van der Waals surface area contributed by atoms with Gasteiger partial charge in [0.1, 0.15) is 6.54 Å². The van der Waals surface area contributed by atoms with Gasteiger partial charge in [0.25, 0.3) is 5.69 Å². The Balaban J connectivity index is 1.40. The van der Waals surface area contributed by atoms with Gasteiger partial charge in [0.05, 0.1) is 16.9 Å². The predicted molar refractivity (Wildman–Crippen MR) is 124 cm³/mol. The molecule has 0 aromatic heterocycles. The third kappa shape index (κ3) is 5.23. The number of aryl methyl sites for hydroxylation is 1. The van der Waals surface area contributed by atoms with E-state index in [2.05, 4.69) is 4.90 Å². The molecule has 2 heterocycles. The maximum absolute atomic E-state index is 13.0. The Morgan fingerprint density at radius 3 is 2.47 bits per heavy atom. The van der Waals surface area contributed by atoms with Crippen molar-refractivity contribution < 1.29 is 27.6 Å². The van der Waals surface area contributed by atoms with Crippen LogP contribution in [-0.2, 0) is 21.4 Å². The zero-order valence-corrected chi connectivity index (χ0v) is 19.8. The van der Waals surface area contributed by atoms with Crippen LogP contribution < -0.4 is 13.8 Å². The van der Waals surface area contributed by atoms with Gasteiger partial charge in [-0.3, -0.25) is 24.1 Å². The highest BCUT2D eigenvalue weighted by Crippen LogP contribution is 2.33. The molecule has 182 valence electrons. The van der Waals surface area contributed by atoms with E-state index in [9.17, 15) is 23.3 Å². The van der Waals surface area contributed by atoms with Crippen molar-refractivity contribution >= 4 is 27.3 Å². The number of carbonyl (C=O) groups excluding carboxylic acids is 1. The highest BCUT2D eigenvalue weighted by molar-refractivity contribution is 7.92. The van der Waals surface area contributed by atoms with E-state index in [4.69, 9.17) is 9.47 Å². The Morgan fingerprint density at radius 1 is 1.09 bits per heavy atom. The van der Waals surface area contributed by atoms with Crippen molar-refractivity contribution in [1.29, 1.82) is 0 Å². The first-order chi connectivity index (χ1) is 16.1. The minimum absolute atomic E-state index is 0.131. The lowest BCUT2D eigenvalue weighted by molar-refractivity contribution is -0.384. The number of nitrogens with zero attached hydrogens (tertiary/aromatic N) is 4. The van der Waals surface area contributed by atoms with Gasteiger partial charge in [0.15, 0.2) is 11.5 Å². The van der Waals surface area contributed by atoms with Crippen molar-refractivity contribution in [3.05, 3.63) is 57.6 Å². The van der Waals surface area contributed by atoms with Gasteiger partial charge in [-0.15, -0.1) is 0 Å². The van der Waals surface area contributed by atoms with Crippen molar-refractivity contribution in [2.24, 2.45) is 0 Å². The average Bonchev–Trinajstić information content (AvgIpc) is 3.25. The second kappa shape index (κ2) is 9.47. The number of piperazine rings is 1. The molecular weight excluding hydrogens is 464 g/mol. The summed E-state index contributed by atoms with van der Waals surface area (Å²) in [5.74, 6) is 1.11. The maximum Gasteiger partial charge on any atom is 0.271 e. The van der Waals surface area contributed by atoms with E-state index >= 15 is 0 Å². The number of sulfonamides is 1. The molecule has 4 rings (SSSR count). The summed E-state index contributed by atoms with van der Waals surface area (Å²) in [7, 11) is -3.84. The fourth-order valence-electron chi connectivity index (χ4n) is 4.04. The van der Waals surface area contributed by atoms with Crippen LogP contribution in [0.5, 0.6) is 11.5 Å². The molecule has 1 saturated heterocycles. The summed E-state index contributed by atoms with van der Waals surface area (Å²) in [5.41, 5.74) is 1.50. The van der Waals surface area contributed by atoms with E-state index in [1.54, 1.807) is 11.8 Å². The first-order valence-electron chi connectivity index (χ1n) is 10.7. The van der Waals surface area contributed by atoms with Crippen LogP contribution in [0.15, 0.2) is 36.4 Å². The van der Waals surface area contributed by atoms with E-state index in [1.165, 1.54) is 18.2 Å². The minimum atomic E-state index is -3.84. The first-order valence-corrected chi connectivity index (χ1v) is 12.6. The summed E-state index contributed by atoms with van der Waals surface area (Å²) in [6.07, 6.45) is 0.988. The van der Waals surface area contributed by atoms with Gasteiger partial charge >= 0.3 is 0 Å². The molecule has 0 atom stereocenters. The maximum atomic E-state index is 13.0. The Bertz CT molecular complexity index is 1210. The fraction of sp³-hybridized carbons (Fsp3) is 0.409. The molecule has 0 aliphatic carbocycles. The molecular formula is C22H26N4O7S. The molecule has 11 nitrogen and oxygen atoms in total. The Kier molecular flexibility index (Phi) is 6.62. The smallest absolute Gasteiger partial charge is 0.271 e. The number of fused-ring (bicyclic) bond motifs is 1. The molecule has 0 unspecified atom stereocenters. The molecule has 0 spiro atoms. The van der Waals surface area contributed by atoms with Crippen LogP contribution in [0.4, 0.5) is 11.4 Å². The van der Waals surface area contributed by atoms with E-state index in [0.29, 0.717) is 38.3 Å². The van der Waals surface area contributed by atoms with Gasteiger partial charge in [-0.05, 0) is 30.2 Å². The summed E-state index contributed by atoms with van der Waals surface area (Å²) in [6.45, 7) is 4.33. The van der Waals surface area contributed by atoms with Crippen molar-refractivity contribution in [2.75, 3.05) is 50.1 Å². The number of non-ortho nitro benzene ring substituents is 1. The summed E-state index contributed by atoms with van der Waals surface area (Å²) in [5, 5.41) is 11.2. The zero-order valence-electron chi connectivity index (χ0n) is 19.0. The van der Waals surface area contributed by atoms with Crippen LogP contribution in [0.3, 0.4) is 0 Å². The summed E-state index contributed by atoms with van der Waals surface area (Å²) in [6, 6.07) is 9.78. The normalized spacial score (nSPS) is 15.9. The number of hydrogen-bond acceptors (Lipinski definition) is 8. The summed E-state index contributed by atoms with van der Waals surface area (Å²) >= 11 is 0. The molecule has 2 aliphatic heterocycles. The molecule has 2 aliphatic rings. The molecule has 1 amide bonds. The largest absolute Gasteiger partial charge is 0.454 e. The van der Waals surface area contributed by atoms with E-state index < -0.39 is 21.5 Å². The molecule has 1 fully saturated rings. The predicted octanol–water partition coefficient (Wildman–Crippen LogP) is 1.74. The second-order valence-electron chi connectivity index (χ2n) is 8.34. The first kappa shape index (κ1) is 23.8. The number of carbonyl (C=O) groups is 1. The van der Waals surface area contributed by atoms with Gasteiger partial charge < -0.3 is 14.4 Å². The van der Waals surface area contributed by atoms with Crippen LogP contribution in [0.25, 0.3) is 0 Å². The van der Waals surface area contributed by atoms with Gasteiger partial charge in [0, 0.05) is 44.9 Å². The number of ether oxygens (including phenoxy) is 2. The number of rotatable bonds is 7. The number of benzene rings is 2. The number of nitro groups is 1. The quantitative estimate of drug-likeness (QED) is 0.425. The average molecular weight is 491 g/mol. The highest BCUT2D eigenvalue weighted by Gasteiger charge is 2.28. The highest BCUT2D eigenvalue weighted by atomic mass is 32.2. The van der Waals surface area contributed by atoms with Crippen LogP contribution in [0.1, 0.15) is 11.1 Å². The molecule has 0 bridgehead atoms. The van der Waals surface area contributed by atoms with Gasteiger partial charge in [-0.2, -0.15) is 0 Å². The van der Waals surface area contributed by atoms with Crippen LogP contribution in [-0.4, -0.2) is 74.8 Å². The number of anilines is 1. The van der Waals surface area contributed by atoms with Crippen LogP contribution in [0, 0.1) is 17.0 Å². The Labute approximate surface area is 197 Å². The van der Waals surface area contributed by atoms with Crippen molar-refractivity contribution in [2.45, 2.75) is 13.5 Å². The minimum Gasteiger partial charge on any atom is -0.454 e. The number of amides is 1. The Morgan fingerprint density at radius 2 is 1.79 bits per heavy atom. The zero-order chi connectivity index (χ0) is 24.5. The molecule has 0 N–H and O–H groups in total. The summed E-state index contributed by atoms with van der Waals surface area (Å²) in [4.78, 5) is 27.4. The van der Waals surface area contributed by atoms with E-state index in [1.807, 2.05) is 18.2 Å². The molecule has 2 aromatic rings. The molecule has 0 radical (unpaired) electrons. The fourth-order valence-corrected chi connectivity index (χ4v) is 4.94. The standard InChI is InChI=1S/C22H26N4O7S/c1-16-3-5-18(26(28)29)12-19(16)25(34(2,30)31)14-22(27)24-9-7-23(8-10-24)13-17-4-6-20-21(11-17)33-15-32-20/h3-6,11-12H,7-10,13-15H2,1-2H3. The van der Waals surface area contributed by atoms with Gasteiger partial charge in [-0.25, -0.2) is 8.42 Å². The van der Waals surface area contributed by atoms with Crippen molar-refractivity contribution in [1.82, 2.24) is 9.80 Å². The van der Waals surface area contributed by atoms with Crippen LogP contribution >= 0.6 is 0 Å². The lowest BCUT2D eigenvalue weighted by Crippen LogP contribution is -2.51. The van der Waals surface area contributed by atoms with Gasteiger partial charge in [0.2, 0.25) is 22.7 Å². The molecule has 12 heteroatoms. The van der Waals surface area contributed by atoms with Gasteiger partial charge in [-0.1, -0.05) is 12.1 Å². The molecule has 0 saturated carbocycles. The monoisotopic (exact) mass is 490 g/mol. The number of nitro benzene ring substituents is 1. The topological polar surface area (TPSA) is 123 Å². The number of hydrogen-bond donors (Lipinski definition) is 0. The van der Waals surface area contributed by atoms with Crippen molar-refractivity contribution in [3.63, 3.8) is 0 Å². The lowest BCUT2D eigenvalue weighted by atomic mass is 10.1. The SMILES string of the molecule is Cc1ccc([N+](=O)[O-])cc1N(CC(=O)N1CCN(Cc2ccc3c(c2)OCO3)CC1)S(C)(=O)=O. The van der Waals surface area contributed by atoms with E-state index in [-0.39, 0.29) is 24.1 Å². The molecule has 2 aromatic carbocycles.